The Kier molecular flexibility index (Phi) is 7.00. The highest BCUT2D eigenvalue weighted by atomic mass is 35.5. The summed E-state index contributed by atoms with van der Waals surface area (Å²) < 4.78 is 5.36. The average Bonchev–Trinajstić information content (AvgIpc) is 3.09. The second kappa shape index (κ2) is 9.22. The molecule has 0 atom stereocenters. The molecule has 0 spiro atoms. The standard InChI is InChI=1S/C19H19N3O2S.ClH/c1-13(23)21-16-9-7-14(8-10-16)17-12-25-19(22-17)20-11-15-5-3-4-6-18(15)24-2;/h3-10,12H,11H2,1-2H3,(H,20,22)(H,21,23);1H. The highest BCUT2D eigenvalue weighted by Gasteiger charge is 2.07. The highest BCUT2D eigenvalue weighted by molar-refractivity contribution is 7.14. The van der Waals surface area contributed by atoms with Crippen molar-refractivity contribution in [3.05, 3.63) is 59.5 Å². The van der Waals surface area contributed by atoms with Crippen LogP contribution >= 0.6 is 23.7 Å². The Labute approximate surface area is 162 Å². The first-order valence-electron chi connectivity index (χ1n) is 7.85. The summed E-state index contributed by atoms with van der Waals surface area (Å²) in [6, 6.07) is 15.6. The predicted octanol–water partition coefficient (Wildman–Crippen LogP) is 4.81. The van der Waals surface area contributed by atoms with E-state index in [0.29, 0.717) is 6.54 Å². The van der Waals surface area contributed by atoms with Crippen molar-refractivity contribution in [1.29, 1.82) is 0 Å². The number of nitrogens with zero attached hydrogens (tertiary/aromatic N) is 1. The van der Waals surface area contributed by atoms with Crippen molar-refractivity contribution in [2.45, 2.75) is 13.5 Å². The Morgan fingerprint density at radius 2 is 1.88 bits per heavy atom. The fraction of sp³-hybridized carbons (Fsp3) is 0.158. The van der Waals surface area contributed by atoms with Crippen molar-refractivity contribution in [3.8, 4) is 17.0 Å². The largest absolute Gasteiger partial charge is 0.496 e. The number of aromatic nitrogens is 1. The molecular weight excluding hydrogens is 370 g/mol. The monoisotopic (exact) mass is 389 g/mol. The van der Waals surface area contributed by atoms with E-state index in [-0.39, 0.29) is 18.3 Å². The minimum atomic E-state index is -0.0794. The molecule has 3 rings (SSSR count). The normalized spacial score (nSPS) is 9.92. The lowest BCUT2D eigenvalue weighted by atomic mass is 10.1. The summed E-state index contributed by atoms with van der Waals surface area (Å²) in [6.07, 6.45) is 0. The number of carbonyl (C=O) groups excluding carboxylic acids is 1. The van der Waals surface area contributed by atoms with Gasteiger partial charge in [-0.15, -0.1) is 23.7 Å². The van der Waals surface area contributed by atoms with E-state index in [2.05, 4.69) is 15.6 Å². The smallest absolute Gasteiger partial charge is 0.221 e. The van der Waals surface area contributed by atoms with Crippen molar-refractivity contribution in [3.63, 3.8) is 0 Å². The van der Waals surface area contributed by atoms with E-state index in [1.54, 1.807) is 18.4 Å². The molecule has 136 valence electrons. The molecule has 0 saturated carbocycles. The first-order valence-corrected chi connectivity index (χ1v) is 8.73. The third-order valence-corrected chi connectivity index (χ3v) is 4.43. The lowest BCUT2D eigenvalue weighted by molar-refractivity contribution is -0.114. The molecule has 0 radical (unpaired) electrons. The summed E-state index contributed by atoms with van der Waals surface area (Å²) in [4.78, 5) is 15.7. The van der Waals surface area contributed by atoms with Crippen LogP contribution in [0.15, 0.2) is 53.9 Å². The number of hydrogen-bond donors (Lipinski definition) is 2. The maximum atomic E-state index is 11.1. The molecule has 0 aliphatic heterocycles. The molecule has 3 aromatic rings. The van der Waals surface area contributed by atoms with Gasteiger partial charge in [0.05, 0.1) is 12.8 Å². The van der Waals surface area contributed by atoms with E-state index >= 15 is 0 Å². The zero-order chi connectivity index (χ0) is 17.6. The predicted molar refractivity (Wildman–Crippen MR) is 109 cm³/mol. The van der Waals surface area contributed by atoms with E-state index in [0.717, 1.165) is 33.4 Å². The van der Waals surface area contributed by atoms with Gasteiger partial charge in [-0.05, 0) is 18.2 Å². The van der Waals surface area contributed by atoms with Gasteiger partial charge in [-0.2, -0.15) is 0 Å². The zero-order valence-electron chi connectivity index (χ0n) is 14.5. The summed E-state index contributed by atoms with van der Waals surface area (Å²) in [6.45, 7) is 2.15. The van der Waals surface area contributed by atoms with Crippen LogP contribution in [0.1, 0.15) is 12.5 Å². The number of thiazole rings is 1. The van der Waals surface area contributed by atoms with E-state index in [1.807, 2.05) is 53.9 Å². The quantitative estimate of drug-likeness (QED) is 0.635. The van der Waals surface area contributed by atoms with Crippen LogP contribution in [0.3, 0.4) is 0 Å². The SMILES string of the molecule is COc1ccccc1CNc1nc(-c2ccc(NC(C)=O)cc2)cs1.Cl. The van der Waals surface area contributed by atoms with Crippen LogP contribution in [-0.4, -0.2) is 18.0 Å². The Morgan fingerprint density at radius 1 is 1.15 bits per heavy atom. The molecule has 5 nitrogen and oxygen atoms in total. The van der Waals surface area contributed by atoms with E-state index in [9.17, 15) is 4.79 Å². The summed E-state index contributed by atoms with van der Waals surface area (Å²) >= 11 is 1.56. The molecule has 1 aromatic heterocycles. The van der Waals surface area contributed by atoms with Gasteiger partial charge in [0.15, 0.2) is 5.13 Å². The second-order valence-electron chi connectivity index (χ2n) is 5.46. The number of hydrogen-bond acceptors (Lipinski definition) is 5. The zero-order valence-corrected chi connectivity index (χ0v) is 16.1. The van der Waals surface area contributed by atoms with Gasteiger partial charge in [0.25, 0.3) is 0 Å². The molecule has 0 saturated heterocycles. The Balaban J connectivity index is 0.00000243. The molecule has 26 heavy (non-hydrogen) atoms. The van der Waals surface area contributed by atoms with Crippen LogP contribution in [0.5, 0.6) is 5.75 Å². The molecular formula is C19H20ClN3O2S. The van der Waals surface area contributed by atoms with Crippen LogP contribution in [0.4, 0.5) is 10.8 Å². The number of carbonyl (C=O) groups is 1. The fourth-order valence-electron chi connectivity index (χ4n) is 2.43. The number of halogens is 1. The number of anilines is 2. The molecule has 1 amide bonds. The molecule has 2 aromatic carbocycles. The minimum Gasteiger partial charge on any atom is -0.496 e. The number of nitrogens with one attached hydrogen (secondary N) is 2. The molecule has 0 aliphatic carbocycles. The van der Waals surface area contributed by atoms with Gasteiger partial charge in [-0.1, -0.05) is 30.3 Å². The van der Waals surface area contributed by atoms with Gasteiger partial charge in [0, 0.05) is 35.7 Å². The topological polar surface area (TPSA) is 63.2 Å². The molecule has 2 N–H and O–H groups in total. The van der Waals surface area contributed by atoms with Gasteiger partial charge < -0.3 is 15.4 Å². The number of rotatable bonds is 6. The average molecular weight is 390 g/mol. The maximum Gasteiger partial charge on any atom is 0.221 e. The van der Waals surface area contributed by atoms with Crippen LogP contribution in [-0.2, 0) is 11.3 Å². The van der Waals surface area contributed by atoms with Crippen LogP contribution in [0, 0.1) is 0 Å². The molecule has 0 fully saturated rings. The molecule has 0 unspecified atom stereocenters. The van der Waals surface area contributed by atoms with Gasteiger partial charge in [0.2, 0.25) is 5.91 Å². The highest BCUT2D eigenvalue weighted by Crippen LogP contribution is 2.27. The van der Waals surface area contributed by atoms with Gasteiger partial charge in [0.1, 0.15) is 5.75 Å². The molecule has 0 aliphatic rings. The van der Waals surface area contributed by atoms with Crippen molar-refractivity contribution < 1.29 is 9.53 Å². The van der Waals surface area contributed by atoms with Crippen LogP contribution in [0.2, 0.25) is 0 Å². The van der Waals surface area contributed by atoms with Gasteiger partial charge >= 0.3 is 0 Å². The number of benzene rings is 2. The van der Waals surface area contributed by atoms with E-state index in [1.165, 1.54) is 6.92 Å². The third kappa shape index (κ3) is 4.97. The molecule has 7 heteroatoms. The number of amides is 1. The van der Waals surface area contributed by atoms with Gasteiger partial charge in [-0.25, -0.2) is 4.98 Å². The summed E-state index contributed by atoms with van der Waals surface area (Å²) in [5.74, 6) is 0.782. The Bertz CT molecular complexity index is 865. The first-order chi connectivity index (χ1) is 12.2. The number of para-hydroxylation sites is 1. The minimum absolute atomic E-state index is 0. The lowest BCUT2D eigenvalue weighted by Gasteiger charge is -2.08. The molecule has 0 bridgehead atoms. The summed E-state index contributed by atoms with van der Waals surface area (Å²) in [5.41, 5.74) is 3.78. The Morgan fingerprint density at radius 3 is 2.58 bits per heavy atom. The van der Waals surface area contributed by atoms with Crippen LogP contribution < -0.4 is 15.4 Å². The maximum absolute atomic E-state index is 11.1. The fourth-order valence-corrected chi connectivity index (χ4v) is 3.15. The van der Waals surface area contributed by atoms with Crippen molar-refractivity contribution in [1.82, 2.24) is 4.98 Å². The van der Waals surface area contributed by atoms with Crippen molar-refractivity contribution >= 4 is 40.5 Å². The van der Waals surface area contributed by atoms with Gasteiger partial charge in [-0.3, -0.25) is 4.79 Å². The molecule has 1 heterocycles. The van der Waals surface area contributed by atoms with E-state index in [4.69, 9.17) is 4.74 Å². The summed E-state index contributed by atoms with van der Waals surface area (Å²) in [7, 11) is 1.67. The van der Waals surface area contributed by atoms with Crippen molar-refractivity contribution in [2.24, 2.45) is 0 Å². The second-order valence-corrected chi connectivity index (χ2v) is 6.32. The van der Waals surface area contributed by atoms with Crippen LogP contribution in [0.25, 0.3) is 11.3 Å². The third-order valence-electron chi connectivity index (χ3n) is 3.63. The van der Waals surface area contributed by atoms with Crippen molar-refractivity contribution in [2.75, 3.05) is 17.7 Å². The number of ether oxygens (including phenoxy) is 1. The van der Waals surface area contributed by atoms with E-state index < -0.39 is 0 Å². The number of methoxy groups -OCH3 is 1. The summed E-state index contributed by atoms with van der Waals surface area (Å²) in [5, 5.41) is 8.96. The Hall–Kier alpha value is -2.57. The lowest BCUT2D eigenvalue weighted by Crippen LogP contribution is -2.05. The first kappa shape index (κ1) is 19.8.